The van der Waals surface area contributed by atoms with Gasteiger partial charge in [-0.25, -0.2) is 0 Å². The molecule has 0 amide bonds. The van der Waals surface area contributed by atoms with Crippen molar-refractivity contribution in [2.45, 2.75) is 45.6 Å². The predicted octanol–water partition coefficient (Wildman–Crippen LogP) is 2.50. The SMILES string of the molecule is CCC1=CCC(O)C(CC)C1. The molecule has 1 aliphatic carbocycles. The van der Waals surface area contributed by atoms with Gasteiger partial charge in [-0.2, -0.15) is 0 Å². The van der Waals surface area contributed by atoms with Crippen molar-refractivity contribution in [3.63, 3.8) is 0 Å². The van der Waals surface area contributed by atoms with Crippen LogP contribution in [0.5, 0.6) is 0 Å². The van der Waals surface area contributed by atoms with Gasteiger partial charge in [0, 0.05) is 0 Å². The van der Waals surface area contributed by atoms with Crippen LogP contribution >= 0.6 is 0 Å². The number of rotatable bonds is 2. The van der Waals surface area contributed by atoms with Gasteiger partial charge in [0.25, 0.3) is 0 Å². The molecule has 2 atom stereocenters. The summed E-state index contributed by atoms with van der Waals surface area (Å²) < 4.78 is 0. The highest BCUT2D eigenvalue weighted by molar-refractivity contribution is 5.08. The smallest absolute Gasteiger partial charge is 0.0605 e. The lowest BCUT2D eigenvalue weighted by atomic mass is 9.84. The molecule has 1 heteroatoms. The van der Waals surface area contributed by atoms with Gasteiger partial charge in [-0.05, 0) is 25.2 Å². The Kier molecular flexibility index (Phi) is 3.13. The zero-order valence-corrected chi connectivity index (χ0v) is 7.51. The van der Waals surface area contributed by atoms with E-state index in [-0.39, 0.29) is 6.10 Å². The van der Waals surface area contributed by atoms with Crippen molar-refractivity contribution in [2.75, 3.05) is 0 Å². The highest BCUT2D eigenvalue weighted by atomic mass is 16.3. The first-order valence-electron chi connectivity index (χ1n) is 4.63. The number of hydrogen-bond acceptors (Lipinski definition) is 1. The molecule has 2 unspecified atom stereocenters. The molecule has 64 valence electrons. The maximum atomic E-state index is 9.54. The molecule has 0 radical (unpaired) electrons. The Morgan fingerprint density at radius 1 is 1.55 bits per heavy atom. The van der Waals surface area contributed by atoms with E-state index in [1.165, 1.54) is 5.57 Å². The van der Waals surface area contributed by atoms with Crippen molar-refractivity contribution < 1.29 is 5.11 Å². The van der Waals surface area contributed by atoms with E-state index in [1.54, 1.807) is 0 Å². The number of aliphatic hydroxyl groups excluding tert-OH is 1. The topological polar surface area (TPSA) is 20.2 Å². The highest BCUT2D eigenvalue weighted by Gasteiger charge is 2.21. The maximum absolute atomic E-state index is 9.54. The second kappa shape index (κ2) is 3.91. The van der Waals surface area contributed by atoms with Crippen LogP contribution in [0.15, 0.2) is 11.6 Å². The Bertz CT molecular complexity index is 149. The molecule has 1 nitrogen and oxygen atoms in total. The van der Waals surface area contributed by atoms with Crippen molar-refractivity contribution in [3.8, 4) is 0 Å². The summed E-state index contributed by atoms with van der Waals surface area (Å²) in [7, 11) is 0. The average molecular weight is 154 g/mol. The lowest BCUT2D eigenvalue weighted by molar-refractivity contribution is 0.100. The van der Waals surface area contributed by atoms with Crippen LogP contribution in [0, 0.1) is 5.92 Å². The number of allylic oxidation sites excluding steroid dienone is 1. The largest absolute Gasteiger partial charge is 0.393 e. The van der Waals surface area contributed by atoms with E-state index in [4.69, 9.17) is 0 Å². The fourth-order valence-corrected chi connectivity index (χ4v) is 1.74. The molecule has 1 N–H and O–H groups in total. The zero-order valence-electron chi connectivity index (χ0n) is 7.51. The lowest BCUT2D eigenvalue weighted by Crippen LogP contribution is -2.23. The molecular formula is C10H18O. The molecule has 0 aromatic rings. The molecule has 0 saturated heterocycles. The third-order valence-electron chi connectivity index (χ3n) is 2.70. The molecule has 1 rings (SSSR count). The van der Waals surface area contributed by atoms with Crippen LogP contribution < -0.4 is 0 Å². The maximum Gasteiger partial charge on any atom is 0.0605 e. The number of hydrogen-bond donors (Lipinski definition) is 1. The third kappa shape index (κ3) is 2.06. The van der Waals surface area contributed by atoms with E-state index in [9.17, 15) is 5.11 Å². The van der Waals surface area contributed by atoms with Crippen LogP contribution in [0.4, 0.5) is 0 Å². The monoisotopic (exact) mass is 154 g/mol. The quantitative estimate of drug-likeness (QED) is 0.606. The molecule has 1 aliphatic rings. The summed E-state index contributed by atoms with van der Waals surface area (Å²) >= 11 is 0. The highest BCUT2D eigenvalue weighted by Crippen LogP contribution is 2.28. The third-order valence-corrected chi connectivity index (χ3v) is 2.70. The summed E-state index contributed by atoms with van der Waals surface area (Å²) in [6.07, 6.45) is 6.39. The molecule has 0 aromatic heterocycles. The standard InChI is InChI=1S/C10H18O/c1-3-8-5-6-10(11)9(4-2)7-8/h5,9-11H,3-4,6-7H2,1-2H3. The Balaban J connectivity index is 2.53. The van der Waals surface area contributed by atoms with Crippen molar-refractivity contribution in [1.29, 1.82) is 0 Å². The van der Waals surface area contributed by atoms with Gasteiger partial charge in [0.1, 0.15) is 0 Å². The average Bonchev–Trinajstić information content (AvgIpc) is 2.05. The van der Waals surface area contributed by atoms with E-state index in [0.29, 0.717) is 5.92 Å². The molecule has 0 saturated carbocycles. The molecule has 0 aromatic carbocycles. The van der Waals surface area contributed by atoms with E-state index in [0.717, 1.165) is 25.7 Å². The minimum absolute atomic E-state index is 0.0738. The van der Waals surface area contributed by atoms with Crippen LogP contribution in [0.2, 0.25) is 0 Å². The van der Waals surface area contributed by atoms with Gasteiger partial charge in [0.15, 0.2) is 0 Å². The van der Waals surface area contributed by atoms with Crippen molar-refractivity contribution in [3.05, 3.63) is 11.6 Å². The van der Waals surface area contributed by atoms with Gasteiger partial charge < -0.3 is 5.11 Å². The second-order valence-electron chi connectivity index (χ2n) is 3.39. The first-order chi connectivity index (χ1) is 5.27. The van der Waals surface area contributed by atoms with E-state index in [1.807, 2.05) is 0 Å². The summed E-state index contributed by atoms with van der Waals surface area (Å²) in [4.78, 5) is 0. The fourth-order valence-electron chi connectivity index (χ4n) is 1.74. The molecule has 0 aliphatic heterocycles. The summed E-state index contributed by atoms with van der Waals surface area (Å²) in [5, 5.41) is 9.54. The first kappa shape index (κ1) is 8.79. The van der Waals surface area contributed by atoms with Gasteiger partial charge in [-0.15, -0.1) is 0 Å². The van der Waals surface area contributed by atoms with Gasteiger partial charge in [-0.3, -0.25) is 0 Å². The van der Waals surface area contributed by atoms with Crippen LogP contribution in [0.3, 0.4) is 0 Å². The Hall–Kier alpha value is -0.300. The van der Waals surface area contributed by atoms with Crippen molar-refractivity contribution >= 4 is 0 Å². The molecule has 0 bridgehead atoms. The zero-order chi connectivity index (χ0) is 8.27. The first-order valence-corrected chi connectivity index (χ1v) is 4.63. The van der Waals surface area contributed by atoms with Crippen molar-refractivity contribution in [1.82, 2.24) is 0 Å². The molecule has 0 heterocycles. The fraction of sp³-hybridized carbons (Fsp3) is 0.800. The minimum atomic E-state index is -0.0738. The Morgan fingerprint density at radius 3 is 2.82 bits per heavy atom. The minimum Gasteiger partial charge on any atom is -0.393 e. The predicted molar refractivity (Wildman–Crippen MR) is 47.4 cm³/mol. The normalized spacial score (nSPS) is 31.7. The summed E-state index contributed by atoms with van der Waals surface area (Å²) in [5.74, 6) is 0.523. The molecule has 0 spiro atoms. The molecule has 0 fully saturated rings. The van der Waals surface area contributed by atoms with Gasteiger partial charge in [0.2, 0.25) is 0 Å². The Labute approximate surface area is 69.1 Å². The Morgan fingerprint density at radius 2 is 2.27 bits per heavy atom. The van der Waals surface area contributed by atoms with Gasteiger partial charge in [0.05, 0.1) is 6.10 Å². The molecule has 11 heavy (non-hydrogen) atoms. The lowest BCUT2D eigenvalue weighted by Gasteiger charge is -2.26. The summed E-state index contributed by atoms with van der Waals surface area (Å²) in [5.41, 5.74) is 1.53. The van der Waals surface area contributed by atoms with E-state index >= 15 is 0 Å². The summed E-state index contributed by atoms with van der Waals surface area (Å²) in [6.45, 7) is 4.35. The van der Waals surface area contributed by atoms with Crippen LogP contribution in [0.1, 0.15) is 39.5 Å². The van der Waals surface area contributed by atoms with Crippen LogP contribution in [-0.4, -0.2) is 11.2 Å². The van der Waals surface area contributed by atoms with Crippen molar-refractivity contribution in [2.24, 2.45) is 5.92 Å². The van der Waals surface area contributed by atoms with Gasteiger partial charge in [-0.1, -0.05) is 31.9 Å². The second-order valence-corrected chi connectivity index (χ2v) is 3.39. The van der Waals surface area contributed by atoms with Crippen LogP contribution in [0.25, 0.3) is 0 Å². The molecular weight excluding hydrogens is 136 g/mol. The summed E-state index contributed by atoms with van der Waals surface area (Å²) in [6, 6.07) is 0. The number of aliphatic hydroxyl groups is 1. The van der Waals surface area contributed by atoms with E-state index < -0.39 is 0 Å². The van der Waals surface area contributed by atoms with E-state index in [2.05, 4.69) is 19.9 Å². The van der Waals surface area contributed by atoms with Crippen LogP contribution in [-0.2, 0) is 0 Å². The van der Waals surface area contributed by atoms with Gasteiger partial charge >= 0.3 is 0 Å².